The number of ether oxygens (including phenoxy) is 1. The number of nitrogens with zero attached hydrogens (tertiary/aromatic N) is 2. The van der Waals surface area contributed by atoms with E-state index < -0.39 is 5.60 Å². The van der Waals surface area contributed by atoms with Crippen LogP contribution in [0.1, 0.15) is 51.2 Å². The smallest absolute Gasteiger partial charge is 0.231 e. The summed E-state index contributed by atoms with van der Waals surface area (Å²) in [4.78, 5) is 17.6. The van der Waals surface area contributed by atoms with Gasteiger partial charge in [0.1, 0.15) is 5.75 Å². The molecular formula is C32H40ClN3O3. The van der Waals surface area contributed by atoms with Crippen LogP contribution in [-0.2, 0) is 10.4 Å². The first-order chi connectivity index (χ1) is 18.7. The van der Waals surface area contributed by atoms with Crippen LogP contribution in [0.25, 0.3) is 5.57 Å². The SMILES string of the molecule is CCN(C(=O)C1CCN(CC\C=C2/C(=C/C=C\N)CCOc3ccc(C(C)(C)O)cc32)C1)c1ccc(Cl)cc1. The number of hydrogen-bond acceptors (Lipinski definition) is 5. The number of amides is 1. The summed E-state index contributed by atoms with van der Waals surface area (Å²) >= 11 is 6.04. The van der Waals surface area contributed by atoms with Gasteiger partial charge in [0, 0.05) is 42.3 Å². The van der Waals surface area contributed by atoms with Gasteiger partial charge in [0.2, 0.25) is 5.91 Å². The van der Waals surface area contributed by atoms with E-state index in [-0.39, 0.29) is 11.8 Å². The molecule has 0 spiro atoms. The molecule has 1 fully saturated rings. The second kappa shape index (κ2) is 12.9. The first-order valence-electron chi connectivity index (χ1n) is 13.8. The predicted molar refractivity (Wildman–Crippen MR) is 160 cm³/mol. The maximum Gasteiger partial charge on any atom is 0.231 e. The Morgan fingerprint density at radius 2 is 2.03 bits per heavy atom. The molecule has 0 aliphatic carbocycles. The average Bonchev–Trinajstić information content (AvgIpc) is 3.31. The standard InChI is InChI=1S/C32H40ClN3O3/c1-4-36(27-12-10-26(33)11-13-27)31(37)24-15-19-35(22-24)18-6-8-28-23(7-5-17-34)16-20-39-30-14-9-25(21-29(28)30)32(2,3)38/h5,7-14,17,21,24,38H,4,6,15-16,18-20,22,34H2,1-3H3/b17-5-,23-7+,28-8+. The minimum atomic E-state index is -0.955. The third-order valence-electron chi connectivity index (χ3n) is 7.50. The number of likely N-dealkylation sites (tertiary alicyclic amines) is 1. The molecule has 2 aromatic rings. The highest BCUT2D eigenvalue weighted by Gasteiger charge is 2.31. The molecular weight excluding hydrogens is 510 g/mol. The van der Waals surface area contributed by atoms with Crippen molar-refractivity contribution in [3.63, 3.8) is 0 Å². The second-order valence-corrected chi connectivity index (χ2v) is 11.1. The maximum atomic E-state index is 13.4. The summed E-state index contributed by atoms with van der Waals surface area (Å²) in [6.07, 6.45) is 10.2. The van der Waals surface area contributed by atoms with E-state index in [1.165, 1.54) is 6.20 Å². The lowest BCUT2D eigenvalue weighted by Gasteiger charge is -2.24. The van der Waals surface area contributed by atoms with Gasteiger partial charge >= 0.3 is 0 Å². The van der Waals surface area contributed by atoms with Gasteiger partial charge in [-0.25, -0.2) is 0 Å². The third kappa shape index (κ3) is 7.13. The van der Waals surface area contributed by atoms with Crippen molar-refractivity contribution < 1.29 is 14.6 Å². The molecule has 0 saturated carbocycles. The van der Waals surface area contributed by atoms with E-state index in [0.717, 1.165) is 72.6 Å². The molecule has 208 valence electrons. The minimum absolute atomic E-state index is 0.0141. The van der Waals surface area contributed by atoms with Crippen LogP contribution in [-0.4, -0.2) is 48.7 Å². The third-order valence-corrected chi connectivity index (χ3v) is 7.75. The van der Waals surface area contributed by atoms with E-state index in [0.29, 0.717) is 18.2 Å². The van der Waals surface area contributed by atoms with Crippen LogP contribution in [0.5, 0.6) is 5.75 Å². The molecule has 1 amide bonds. The molecule has 0 aromatic heterocycles. The summed E-state index contributed by atoms with van der Waals surface area (Å²) in [6, 6.07) is 13.4. The molecule has 39 heavy (non-hydrogen) atoms. The van der Waals surface area contributed by atoms with Crippen LogP contribution in [0.15, 0.2) is 72.5 Å². The van der Waals surface area contributed by atoms with E-state index in [4.69, 9.17) is 22.1 Å². The van der Waals surface area contributed by atoms with Gasteiger partial charge < -0.3 is 25.4 Å². The molecule has 1 unspecified atom stereocenters. The Balaban J connectivity index is 1.49. The molecule has 4 rings (SSSR count). The summed E-state index contributed by atoms with van der Waals surface area (Å²) in [5.74, 6) is 0.983. The van der Waals surface area contributed by atoms with Crippen LogP contribution < -0.4 is 15.4 Å². The highest BCUT2D eigenvalue weighted by molar-refractivity contribution is 6.30. The van der Waals surface area contributed by atoms with E-state index >= 15 is 0 Å². The number of benzene rings is 2. The summed E-state index contributed by atoms with van der Waals surface area (Å²) in [5.41, 5.74) is 9.67. The lowest BCUT2D eigenvalue weighted by atomic mass is 9.90. The fourth-order valence-corrected chi connectivity index (χ4v) is 5.47. The topological polar surface area (TPSA) is 79.0 Å². The highest BCUT2D eigenvalue weighted by Crippen LogP contribution is 2.38. The summed E-state index contributed by atoms with van der Waals surface area (Å²) in [7, 11) is 0. The zero-order valence-electron chi connectivity index (χ0n) is 23.2. The quantitative estimate of drug-likeness (QED) is 0.429. The zero-order valence-corrected chi connectivity index (χ0v) is 24.0. The van der Waals surface area contributed by atoms with Gasteiger partial charge in [-0.3, -0.25) is 4.79 Å². The van der Waals surface area contributed by atoms with Crippen molar-refractivity contribution in [1.82, 2.24) is 4.90 Å². The van der Waals surface area contributed by atoms with Crippen molar-refractivity contribution in [3.8, 4) is 5.75 Å². The van der Waals surface area contributed by atoms with Gasteiger partial charge in [-0.1, -0.05) is 29.8 Å². The molecule has 2 aliphatic rings. The van der Waals surface area contributed by atoms with Gasteiger partial charge in [-0.2, -0.15) is 0 Å². The largest absolute Gasteiger partial charge is 0.493 e. The second-order valence-electron chi connectivity index (χ2n) is 10.7. The molecule has 2 aliphatic heterocycles. The number of rotatable bonds is 8. The first-order valence-corrected chi connectivity index (χ1v) is 14.2. The fourth-order valence-electron chi connectivity index (χ4n) is 5.35. The molecule has 2 aromatic carbocycles. The monoisotopic (exact) mass is 549 g/mol. The maximum absolute atomic E-state index is 13.4. The first kappa shape index (κ1) is 28.9. The van der Waals surface area contributed by atoms with Gasteiger partial charge in [0.15, 0.2) is 0 Å². The van der Waals surface area contributed by atoms with Gasteiger partial charge in [-0.05, 0) is 106 Å². The number of allylic oxidation sites excluding steroid dienone is 3. The van der Waals surface area contributed by atoms with E-state index in [9.17, 15) is 9.90 Å². The lowest BCUT2D eigenvalue weighted by molar-refractivity contribution is -0.122. The minimum Gasteiger partial charge on any atom is -0.493 e. The van der Waals surface area contributed by atoms with Crippen molar-refractivity contribution >= 4 is 28.8 Å². The molecule has 1 atom stereocenters. The number of halogens is 1. The number of anilines is 1. The van der Waals surface area contributed by atoms with Crippen molar-refractivity contribution in [2.45, 2.75) is 45.6 Å². The molecule has 1 saturated heterocycles. The van der Waals surface area contributed by atoms with Gasteiger partial charge in [0.05, 0.1) is 18.1 Å². The van der Waals surface area contributed by atoms with Gasteiger partial charge in [0.25, 0.3) is 0 Å². The Morgan fingerprint density at radius 1 is 1.26 bits per heavy atom. The molecule has 2 heterocycles. The Kier molecular flexibility index (Phi) is 9.54. The van der Waals surface area contributed by atoms with Crippen molar-refractivity contribution in [1.29, 1.82) is 0 Å². The Hall–Kier alpha value is -3.06. The summed E-state index contributed by atoms with van der Waals surface area (Å²) in [6.45, 7) is 9.32. The molecule has 3 N–H and O–H groups in total. The Bertz CT molecular complexity index is 1240. The number of carbonyl (C=O) groups is 1. The summed E-state index contributed by atoms with van der Waals surface area (Å²) < 4.78 is 6.07. The van der Waals surface area contributed by atoms with Crippen LogP contribution in [0.3, 0.4) is 0 Å². The Labute approximate surface area is 237 Å². The highest BCUT2D eigenvalue weighted by atomic mass is 35.5. The van der Waals surface area contributed by atoms with E-state index in [1.54, 1.807) is 13.8 Å². The van der Waals surface area contributed by atoms with Crippen LogP contribution >= 0.6 is 11.6 Å². The van der Waals surface area contributed by atoms with Crippen molar-refractivity contribution in [2.75, 3.05) is 37.7 Å². The number of aliphatic hydroxyl groups is 1. The van der Waals surface area contributed by atoms with E-state index in [2.05, 4.69) is 11.0 Å². The fraction of sp³-hybridized carbons (Fsp3) is 0.406. The van der Waals surface area contributed by atoms with Gasteiger partial charge in [-0.15, -0.1) is 0 Å². The Morgan fingerprint density at radius 3 is 2.72 bits per heavy atom. The number of carbonyl (C=O) groups excluding carboxylic acids is 1. The normalized spacial score (nSPS) is 20.3. The molecule has 0 radical (unpaired) electrons. The van der Waals surface area contributed by atoms with Crippen LogP contribution in [0.4, 0.5) is 5.69 Å². The summed E-state index contributed by atoms with van der Waals surface area (Å²) in [5, 5.41) is 11.3. The molecule has 0 bridgehead atoms. The number of hydrogen-bond donors (Lipinski definition) is 2. The number of fused-ring (bicyclic) bond motifs is 1. The van der Waals surface area contributed by atoms with E-state index in [1.807, 2.05) is 66.4 Å². The lowest BCUT2D eigenvalue weighted by Crippen LogP contribution is -2.37. The average molecular weight is 550 g/mol. The number of nitrogens with two attached hydrogens (primary N) is 1. The van der Waals surface area contributed by atoms with Crippen molar-refractivity contribution in [2.24, 2.45) is 11.7 Å². The molecule has 7 heteroatoms. The van der Waals surface area contributed by atoms with Crippen molar-refractivity contribution in [3.05, 3.63) is 88.6 Å². The predicted octanol–water partition coefficient (Wildman–Crippen LogP) is 5.90. The zero-order chi connectivity index (χ0) is 28.0. The van der Waals surface area contributed by atoms with Crippen LogP contribution in [0.2, 0.25) is 5.02 Å². The molecule has 6 nitrogen and oxygen atoms in total. The van der Waals surface area contributed by atoms with Crippen LogP contribution in [0, 0.1) is 5.92 Å².